The zero-order chi connectivity index (χ0) is 11.5. The van der Waals surface area contributed by atoms with Crippen LogP contribution < -0.4 is 5.32 Å². The van der Waals surface area contributed by atoms with E-state index < -0.39 is 0 Å². The number of anilines is 2. The molecule has 1 N–H and O–H groups in total. The molecule has 5 heteroatoms. The third-order valence-corrected chi connectivity index (χ3v) is 3.04. The van der Waals surface area contributed by atoms with E-state index in [0.29, 0.717) is 11.5 Å². The summed E-state index contributed by atoms with van der Waals surface area (Å²) in [6.07, 6.45) is 0. The molecule has 1 aromatic carbocycles. The highest BCUT2D eigenvalue weighted by Gasteiger charge is 2.03. The first-order valence-electron chi connectivity index (χ1n) is 4.50. The summed E-state index contributed by atoms with van der Waals surface area (Å²) in [7, 11) is 0. The molecule has 0 aliphatic carbocycles. The molecule has 0 amide bonds. The summed E-state index contributed by atoms with van der Waals surface area (Å²) in [6, 6.07) is 9.94. The molecule has 0 aliphatic heterocycles. The quantitative estimate of drug-likeness (QED) is 0.811. The van der Waals surface area contributed by atoms with Gasteiger partial charge in [0.05, 0.1) is 5.69 Å². The predicted octanol–water partition coefficient (Wildman–Crippen LogP) is 4.49. The van der Waals surface area contributed by atoms with E-state index >= 15 is 0 Å². The number of benzene rings is 1. The lowest BCUT2D eigenvalue weighted by atomic mass is 10.3. The van der Waals surface area contributed by atoms with Crippen LogP contribution in [0.3, 0.4) is 0 Å². The van der Waals surface area contributed by atoms with Crippen LogP contribution in [0, 0.1) is 5.82 Å². The topological polar surface area (TPSA) is 24.9 Å². The number of hydrogen-bond acceptors (Lipinski definition) is 2. The molecule has 0 spiro atoms. The number of rotatable bonds is 2. The monoisotopic (exact) mass is 344 g/mol. The van der Waals surface area contributed by atoms with Crippen LogP contribution >= 0.6 is 31.9 Å². The van der Waals surface area contributed by atoms with Gasteiger partial charge < -0.3 is 5.32 Å². The van der Waals surface area contributed by atoms with Gasteiger partial charge in [-0.15, -0.1) is 0 Å². The maximum Gasteiger partial charge on any atom is 0.131 e. The van der Waals surface area contributed by atoms with Crippen molar-refractivity contribution >= 4 is 43.4 Å². The SMILES string of the molecule is Fc1ccc(Br)c(Nc2cccc(Br)n2)c1. The van der Waals surface area contributed by atoms with Crippen molar-refractivity contribution in [3.8, 4) is 0 Å². The molecule has 0 unspecified atom stereocenters. The van der Waals surface area contributed by atoms with Gasteiger partial charge in [0.2, 0.25) is 0 Å². The molecule has 2 aromatic rings. The second-order valence-electron chi connectivity index (χ2n) is 3.09. The fourth-order valence-electron chi connectivity index (χ4n) is 1.21. The summed E-state index contributed by atoms with van der Waals surface area (Å²) in [4.78, 5) is 4.20. The minimum absolute atomic E-state index is 0.291. The lowest BCUT2D eigenvalue weighted by Crippen LogP contribution is -1.94. The summed E-state index contributed by atoms with van der Waals surface area (Å²) >= 11 is 6.61. The lowest BCUT2D eigenvalue weighted by Gasteiger charge is -2.07. The summed E-state index contributed by atoms with van der Waals surface area (Å²) in [5.74, 6) is 0.362. The van der Waals surface area contributed by atoms with Crippen LogP contribution in [0.1, 0.15) is 0 Å². The van der Waals surface area contributed by atoms with Crippen LogP contribution in [-0.4, -0.2) is 4.98 Å². The van der Waals surface area contributed by atoms with Crippen molar-refractivity contribution in [1.82, 2.24) is 4.98 Å². The highest BCUT2D eigenvalue weighted by molar-refractivity contribution is 9.10. The molecule has 0 aliphatic rings. The van der Waals surface area contributed by atoms with E-state index in [2.05, 4.69) is 42.2 Å². The Balaban J connectivity index is 2.30. The number of halogens is 3. The van der Waals surface area contributed by atoms with Crippen LogP contribution in [0.15, 0.2) is 45.5 Å². The number of pyridine rings is 1. The van der Waals surface area contributed by atoms with Crippen molar-refractivity contribution in [2.75, 3.05) is 5.32 Å². The Labute approximate surface area is 109 Å². The third-order valence-electron chi connectivity index (χ3n) is 1.91. The fourth-order valence-corrected chi connectivity index (χ4v) is 1.90. The first-order chi connectivity index (χ1) is 7.65. The Morgan fingerprint density at radius 3 is 2.69 bits per heavy atom. The first-order valence-corrected chi connectivity index (χ1v) is 6.08. The van der Waals surface area contributed by atoms with Crippen molar-refractivity contribution in [1.29, 1.82) is 0 Å². The second-order valence-corrected chi connectivity index (χ2v) is 4.76. The van der Waals surface area contributed by atoms with E-state index in [9.17, 15) is 4.39 Å². The Morgan fingerprint density at radius 1 is 1.12 bits per heavy atom. The van der Waals surface area contributed by atoms with Crippen LogP contribution in [0.25, 0.3) is 0 Å². The van der Waals surface area contributed by atoms with E-state index in [1.54, 1.807) is 6.07 Å². The molecule has 2 rings (SSSR count). The van der Waals surface area contributed by atoms with E-state index in [1.807, 2.05) is 18.2 Å². The Hall–Kier alpha value is -0.940. The minimum atomic E-state index is -0.291. The number of hydrogen-bond donors (Lipinski definition) is 1. The molecule has 1 aromatic heterocycles. The molecule has 0 fully saturated rings. The van der Waals surface area contributed by atoms with Crippen molar-refractivity contribution in [3.05, 3.63) is 51.3 Å². The Bertz CT molecular complexity index is 517. The molecule has 82 valence electrons. The second kappa shape index (κ2) is 4.93. The maximum atomic E-state index is 13.0. The standard InChI is InChI=1S/C11H7Br2FN2/c12-8-5-4-7(14)6-9(8)15-11-3-1-2-10(13)16-11/h1-6H,(H,15,16). The van der Waals surface area contributed by atoms with Gasteiger partial charge in [-0.1, -0.05) is 6.07 Å². The zero-order valence-electron chi connectivity index (χ0n) is 8.05. The normalized spacial score (nSPS) is 10.2. The van der Waals surface area contributed by atoms with Gasteiger partial charge in [0, 0.05) is 4.47 Å². The molecule has 0 atom stereocenters. The number of nitrogens with one attached hydrogen (secondary N) is 1. The predicted molar refractivity (Wildman–Crippen MR) is 69.3 cm³/mol. The van der Waals surface area contributed by atoms with Crippen LogP contribution in [0.2, 0.25) is 0 Å². The van der Waals surface area contributed by atoms with Crippen molar-refractivity contribution in [3.63, 3.8) is 0 Å². The van der Waals surface area contributed by atoms with Crippen LogP contribution in [0.4, 0.5) is 15.9 Å². The third kappa shape index (κ3) is 2.80. The maximum absolute atomic E-state index is 13.0. The largest absolute Gasteiger partial charge is 0.339 e. The molecule has 0 saturated carbocycles. The molecule has 0 radical (unpaired) electrons. The average molecular weight is 346 g/mol. The summed E-state index contributed by atoms with van der Waals surface area (Å²) in [6.45, 7) is 0. The average Bonchev–Trinajstić information content (AvgIpc) is 2.24. The molecular weight excluding hydrogens is 339 g/mol. The van der Waals surface area contributed by atoms with E-state index in [4.69, 9.17) is 0 Å². The molecule has 16 heavy (non-hydrogen) atoms. The number of aromatic nitrogens is 1. The van der Waals surface area contributed by atoms with Gasteiger partial charge in [0.15, 0.2) is 0 Å². The molecule has 2 nitrogen and oxygen atoms in total. The molecular formula is C11H7Br2FN2. The highest BCUT2D eigenvalue weighted by atomic mass is 79.9. The van der Waals surface area contributed by atoms with Crippen LogP contribution in [-0.2, 0) is 0 Å². The summed E-state index contributed by atoms with van der Waals surface area (Å²) in [5, 5.41) is 3.03. The van der Waals surface area contributed by atoms with Gasteiger partial charge in [-0.3, -0.25) is 0 Å². The van der Waals surface area contributed by atoms with Gasteiger partial charge in [0.1, 0.15) is 16.2 Å². The molecule has 0 saturated heterocycles. The van der Waals surface area contributed by atoms with Gasteiger partial charge in [-0.2, -0.15) is 0 Å². The smallest absolute Gasteiger partial charge is 0.131 e. The van der Waals surface area contributed by atoms with Crippen molar-refractivity contribution in [2.45, 2.75) is 0 Å². The summed E-state index contributed by atoms with van der Waals surface area (Å²) < 4.78 is 14.6. The van der Waals surface area contributed by atoms with E-state index in [0.717, 1.165) is 9.08 Å². The van der Waals surface area contributed by atoms with Crippen molar-refractivity contribution in [2.24, 2.45) is 0 Å². The van der Waals surface area contributed by atoms with E-state index in [-0.39, 0.29) is 5.82 Å². The van der Waals surface area contributed by atoms with Gasteiger partial charge in [-0.05, 0) is 62.2 Å². The van der Waals surface area contributed by atoms with Crippen LogP contribution in [0.5, 0.6) is 0 Å². The van der Waals surface area contributed by atoms with Gasteiger partial charge in [-0.25, -0.2) is 9.37 Å². The lowest BCUT2D eigenvalue weighted by molar-refractivity contribution is 0.628. The van der Waals surface area contributed by atoms with Gasteiger partial charge >= 0.3 is 0 Å². The Morgan fingerprint density at radius 2 is 1.94 bits per heavy atom. The Kier molecular flexibility index (Phi) is 3.56. The molecule has 0 bridgehead atoms. The summed E-state index contributed by atoms with van der Waals surface area (Å²) in [5.41, 5.74) is 0.644. The highest BCUT2D eigenvalue weighted by Crippen LogP contribution is 2.26. The fraction of sp³-hybridized carbons (Fsp3) is 0. The van der Waals surface area contributed by atoms with E-state index in [1.165, 1.54) is 12.1 Å². The van der Waals surface area contributed by atoms with Gasteiger partial charge in [0.25, 0.3) is 0 Å². The minimum Gasteiger partial charge on any atom is -0.339 e. The molecule has 1 heterocycles. The number of nitrogens with zero attached hydrogens (tertiary/aromatic N) is 1. The first kappa shape index (κ1) is 11.5. The van der Waals surface area contributed by atoms with Crippen molar-refractivity contribution < 1.29 is 4.39 Å². The zero-order valence-corrected chi connectivity index (χ0v) is 11.2.